The number of para-hydroxylation sites is 1. The van der Waals surface area contributed by atoms with Gasteiger partial charge >= 0.3 is 0 Å². The molecule has 2 aromatic rings. The average Bonchev–Trinajstić information content (AvgIpc) is 3.19. The van der Waals surface area contributed by atoms with E-state index in [0.717, 1.165) is 17.4 Å². The first-order valence-electron chi connectivity index (χ1n) is 8.46. The lowest BCUT2D eigenvalue weighted by molar-refractivity contribution is -0.124. The number of benzene rings is 1. The zero-order valence-corrected chi connectivity index (χ0v) is 14.3. The number of aromatic amines is 1. The molecule has 6 heteroatoms. The smallest absolute Gasteiger partial charge is 0.257 e. The molecule has 0 unspecified atom stereocenters. The third-order valence-corrected chi connectivity index (χ3v) is 6.07. The molecule has 1 aliphatic heterocycles. The first kappa shape index (κ1) is 15.6. The van der Waals surface area contributed by atoms with Crippen LogP contribution in [0.15, 0.2) is 30.5 Å². The Morgan fingerprint density at radius 1 is 1.29 bits per heavy atom. The number of fused-ring (bicyclic) bond motifs is 1. The van der Waals surface area contributed by atoms with Gasteiger partial charge in [0.1, 0.15) is 6.04 Å². The van der Waals surface area contributed by atoms with Gasteiger partial charge in [-0.05, 0) is 24.8 Å². The van der Waals surface area contributed by atoms with Crippen LogP contribution in [0.2, 0.25) is 0 Å². The molecule has 5 nitrogen and oxygen atoms in total. The van der Waals surface area contributed by atoms with Crippen LogP contribution in [-0.2, 0) is 4.79 Å². The molecule has 1 atom stereocenters. The van der Waals surface area contributed by atoms with Crippen molar-refractivity contribution in [2.24, 2.45) is 5.92 Å². The second-order valence-corrected chi connectivity index (χ2v) is 7.58. The number of hydrogen-bond acceptors (Lipinski definition) is 3. The van der Waals surface area contributed by atoms with E-state index in [4.69, 9.17) is 0 Å². The highest BCUT2D eigenvalue weighted by molar-refractivity contribution is 7.99. The summed E-state index contributed by atoms with van der Waals surface area (Å²) in [5, 5.41) is 3.95. The zero-order valence-electron chi connectivity index (χ0n) is 13.5. The van der Waals surface area contributed by atoms with E-state index >= 15 is 0 Å². The molecule has 2 fully saturated rings. The first-order chi connectivity index (χ1) is 11.7. The maximum Gasteiger partial charge on any atom is 0.257 e. The van der Waals surface area contributed by atoms with Gasteiger partial charge in [0.25, 0.3) is 5.91 Å². The fourth-order valence-corrected chi connectivity index (χ4v) is 4.48. The van der Waals surface area contributed by atoms with Crippen LogP contribution in [0.4, 0.5) is 0 Å². The number of carbonyl (C=O) groups is 2. The molecule has 4 rings (SSSR count). The van der Waals surface area contributed by atoms with Gasteiger partial charge in [-0.2, -0.15) is 0 Å². The minimum Gasteiger partial charge on any atom is -0.360 e. The molecule has 2 aliphatic rings. The van der Waals surface area contributed by atoms with Crippen molar-refractivity contribution < 1.29 is 9.59 Å². The summed E-state index contributed by atoms with van der Waals surface area (Å²) in [4.78, 5) is 30.3. The monoisotopic (exact) mass is 343 g/mol. The van der Waals surface area contributed by atoms with Gasteiger partial charge in [-0.1, -0.05) is 24.6 Å². The Labute approximate surface area is 145 Å². The molecule has 1 aromatic carbocycles. The highest BCUT2D eigenvalue weighted by atomic mass is 32.2. The second-order valence-electron chi connectivity index (χ2n) is 6.58. The summed E-state index contributed by atoms with van der Waals surface area (Å²) in [6.45, 7) is 0.745. The number of nitrogens with zero attached hydrogens (tertiary/aromatic N) is 1. The highest BCUT2D eigenvalue weighted by Crippen LogP contribution is 2.28. The molecule has 2 amide bonds. The summed E-state index contributed by atoms with van der Waals surface area (Å²) in [5.74, 6) is 1.78. The summed E-state index contributed by atoms with van der Waals surface area (Å²) in [5.41, 5.74) is 1.59. The lowest BCUT2D eigenvalue weighted by Gasteiger charge is -2.27. The van der Waals surface area contributed by atoms with E-state index in [9.17, 15) is 9.59 Å². The van der Waals surface area contributed by atoms with Gasteiger partial charge in [-0.15, -0.1) is 11.8 Å². The van der Waals surface area contributed by atoms with E-state index in [1.165, 1.54) is 19.3 Å². The molecule has 1 saturated carbocycles. The van der Waals surface area contributed by atoms with Crippen LogP contribution in [0.1, 0.15) is 29.6 Å². The fourth-order valence-electron chi connectivity index (χ4n) is 3.32. The molecule has 0 radical (unpaired) electrons. The number of hydrogen-bond donors (Lipinski definition) is 2. The largest absolute Gasteiger partial charge is 0.360 e. The zero-order chi connectivity index (χ0) is 16.5. The topological polar surface area (TPSA) is 65.2 Å². The number of rotatable bonds is 4. The highest BCUT2D eigenvalue weighted by Gasteiger charge is 2.36. The molecular weight excluding hydrogens is 322 g/mol. The van der Waals surface area contributed by atoms with Crippen LogP contribution in [0.3, 0.4) is 0 Å². The molecular formula is C18H21N3O2S. The summed E-state index contributed by atoms with van der Waals surface area (Å²) in [6, 6.07) is 7.39. The third-order valence-electron chi connectivity index (χ3n) is 5.06. The van der Waals surface area contributed by atoms with Gasteiger partial charge in [-0.3, -0.25) is 9.59 Å². The van der Waals surface area contributed by atoms with Crippen molar-refractivity contribution in [3.05, 3.63) is 36.0 Å². The number of carbonyl (C=O) groups excluding carboxylic acids is 2. The molecule has 0 spiro atoms. The minimum atomic E-state index is -0.365. The van der Waals surface area contributed by atoms with Crippen LogP contribution in [0, 0.1) is 5.92 Å². The number of thioether (sulfide) groups is 1. The van der Waals surface area contributed by atoms with Gasteiger partial charge in [0.05, 0.1) is 11.4 Å². The summed E-state index contributed by atoms with van der Waals surface area (Å²) in [6.07, 6.45) is 5.43. The summed E-state index contributed by atoms with van der Waals surface area (Å²) in [7, 11) is 0. The van der Waals surface area contributed by atoms with E-state index in [2.05, 4.69) is 10.3 Å². The average molecular weight is 343 g/mol. The Morgan fingerprint density at radius 2 is 2.12 bits per heavy atom. The van der Waals surface area contributed by atoms with Crippen LogP contribution in [0.25, 0.3) is 10.9 Å². The van der Waals surface area contributed by atoms with Crippen LogP contribution in [-0.4, -0.2) is 45.9 Å². The maximum absolute atomic E-state index is 13.0. The molecule has 1 aliphatic carbocycles. The summed E-state index contributed by atoms with van der Waals surface area (Å²) < 4.78 is 0. The maximum atomic E-state index is 13.0. The predicted octanol–water partition coefficient (Wildman–Crippen LogP) is 2.60. The SMILES string of the molecule is O=C(NCC1CCC1)[C@@H]1CSCN1C(=O)c1c[nH]c2ccccc12. The normalized spacial score (nSPS) is 21.0. The number of amides is 2. The Balaban J connectivity index is 1.49. The van der Waals surface area contributed by atoms with E-state index in [1.54, 1.807) is 22.9 Å². The van der Waals surface area contributed by atoms with Gasteiger partial charge in [0.2, 0.25) is 5.91 Å². The van der Waals surface area contributed by atoms with Crippen molar-refractivity contribution in [1.82, 2.24) is 15.2 Å². The molecule has 0 bridgehead atoms. The lowest BCUT2D eigenvalue weighted by atomic mass is 9.85. The molecule has 1 saturated heterocycles. The second kappa shape index (κ2) is 6.51. The van der Waals surface area contributed by atoms with Gasteiger partial charge in [-0.25, -0.2) is 0 Å². The third kappa shape index (κ3) is 2.79. The molecule has 2 N–H and O–H groups in total. The van der Waals surface area contributed by atoms with Crippen molar-refractivity contribution in [3.63, 3.8) is 0 Å². The van der Waals surface area contributed by atoms with Crippen LogP contribution in [0.5, 0.6) is 0 Å². The van der Waals surface area contributed by atoms with Gasteiger partial charge in [0.15, 0.2) is 0 Å². The quantitative estimate of drug-likeness (QED) is 0.897. The number of aromatic nitrogens is 1. The Hall–Kier alpha value is -1.95. The van der Waals surface area contributed by atoms with E-state index < -0.39 is 0 Å². The lowest BCUT2D eigenvalue weighted by Crippen LogP contribution is -2.48. The van der Waals surface area contributed by atoms with E-state index in [1.807, 2.05) is 24.3 Å². The van der Waals surface area contributed by atoms with E-state index in [0.29, 0.717) is 23.1 Å². The molecule has 24 heavy (non-hydrogen) atoms. The number of nitrogens with one attached hydrogen (secondary N) is 2. The Morgan fingerprint density at radius 3 is 2.92 bits per heavy atom. The first-order valence-corrected chi connectivity index (χ1v) is 9.62. The number of H-pyrrole nitrogens is 1. The van der Waals surface area contributed by atoms with Crippen molar-refractivity contribution in [2.45, 2.75) is 25.3 Å². The van der Waals surface area contributed by atoms with Crippen molar-refractivity contribution in [3.8, 4) is 0 Å². The van der Waals surface area contributed by atoms with Gasteiger partial charge in [0, 0.05) is 29.4 Å². The van der Waals surface area contributed by atoms with Gasteiger partial charge < -0.3 is 15.2 Å². The standard InChI is InChI=1S/C18H21N3O2S/c22-17(20-8-12-4-3-5-12)16-10-24-11-21(16)18(23)14-9-19-15-7-2-1-6-13(14)15/h1-2,6-7,9,12,16,19H,3-5,8,10-11H2,(H,20,22)/t16-/m0/s1. The fraction of sp³-hybridized carbons (Fsp3) is 0.444. The molecule has 2 heterocycles. The van der Waals surface area contributed by atoms with Crippen LogP contribution >= 0.6 is 11.8 Å². The van der Waals surface area contributed by atoms with Crippen molar-refractivity contribution in [1.29, 1.82) is 0 Å². The predicted molar refractivity (Wildman–Crippen MR) is 95.9 cm³/mol. The van der Waals surface area contributed by atoms with Crippen molar-refractivity contribution >= 4 is 34.5 Å². The van der Waals surface area contributed by atoms with Crippen LogP contribution < -0.4 is 5.32 Å². The Bertz CT molecular complexity index is 768. The van der Waals surface area contributed by atoms with E-state index in [-0.39, 0.29) is 17.9 Å². The summed E-state index contributed by atoms with van der Waals surface area (Å²) >= 11 is 1.64. The molecule has 126 valence electrons. The van der Waals surface area contributed by atoms with Crippen molar-refractivity contribution in [2.75, 3.05) is 18.2 Å². The minimum absolute atomic E-state index is 0.0138. The molecule has 1 aromatic heterocycles. The Kier molecular flexibility index (Phi) is 4.22.